The molecule has 0 radical (unpaired) electrons. The standard InChI is InChI=1S/C13H9BrClNO2/c14-13-12(2-1-7-16-13)18-8-11(17)9-3-5-10(15)6-4-9/h1-7H,8H2. The van der Waals surface area contributed by atoms with Gasteiger partial charge in [-0.1, -0.05) is 11.6 Å². The predicted octanol–water partition coefficient (Wildman–Crippen LogP) is 3.76. The Kier molecular flexibility index (Phi) is 4.33. The summed E-state index contributed by atoms with van der Waals surface area (Å²) in [6, 6.07) is 10.2. The second kappa shape index (κ2) is 5.98. The maximum Gasteiger partial charge on any atom is 0.200 e. The lowest BCUT2D eigenvalue weighted by molar-refractivity contribution is 0.0920. The molecule has 1 aromatic carbocycles. The highest BCUT2D eigenvalue weighted by atomic mass is 79.9. The highest BCUT2D eigenvalue weighted by molar-refractivity contribution is 9.10. The summed E-state index contributed by atoms with van der Waals surface area (Å²) in [7, 11) is 0. The minimum Gasteiger partial charge on any atom is -0.483 e. The summed E-state index contributed by atoms with van der Waals surface area (Å²) in [5.74, 6) is 0.433. The van der Waals surface area contributed by atoms with E-state index >= 15 is 0 Å². The lowest BCUT2D eigenvalue weighted by Crippen LogP contribution is -2.11. The van der Waals surface area contributed by atoms with Crippen molar-refractivity contribution in [2.75, 3.05) is 6.61 Å². The number of ketones is 1. The van der Waals surface area contributed by atoms with E-state index in [9.17, 15) is 4.79 Å². The fourth-order valence-electron chi connectivity index (χ4n) is 1.34. The van der Waals surface area contributed by atoms with Crippen LogP contribution >= 0.6 is 27.5 Å². The molecular formula is C13H9BrClNO2. The number of hydrogen-bond donors (Lipinski definition) is 0. The maximum atomic E-state index is 11.8. The molecule has 0 spiro atoms. The summed E-state index contributed by atoms with van der Waals surface area (Å²) in [4.78, 5) is 15.8. The molecule has 2 aromatic rings. The second-order valence-corrected chi connectivity index (χ2v) is 4.70. The number of carbonyl (C=O) groups excluding carboxylic acids is 1. The summed E-state index contributed by atoms with van der Waals surface area (Å²) in [5.41, 5.74) is 0.569. The molecule has 5 heteroatoms. The molecule has 1 heterocycles. The molecule has 0 N–H and O–H groups in total. The Morgan fingerprint density at radius 1 is 1.28 bits per heavy atom. The van der Waals surface area contributed by atoms with Gasteiger partial charge in [0, 0.05) is 16.8 Å². The Balaban J connectivity index is 2.01. The van der Waals surface area contributed by atoms with Crippen LogP contribution in [-0.2, 0) is 0 Å². The van der Waals surface area contributed by atoms with E-state index in [4.69, 9.17) is 16.3 Å². The molecule has 0 aliphatic heterocycles. The van der Waals surface area contributed by atoms with Crippen LogP contribution in [-0.4, -0.2) is 17.4 Å². The van der Waals surface area contributed by atoms with Crippen LogP contribution < -0.4 is 4.74 Å². The van der Waals surface area contributed by atoms with Crippen LogP contribution in [0.1, 0.15) is 10.4 Å². The van der Waals surface area contributed by atoms with E-state index in [2.05, 4.69) is 20.9 Å². The first kappa shape index (κ1) is 13.1. The highest BCUT2D eigenvalue weighted by Gasteiger charge is 2.08. The maximum absolute atomic E-state index is 11.8. The highest BCUT2D eigenvalue weighted by Crippen LogP contribution is 2.21. The number of benzene rings is 1. The molecule has 3 nitrogen and oxygen atoms in total. The Morgan fingerprint density at radius 3 is 2.67 bits per heavy atom. The zero-order valence-electron chi connectivity index (χ0n) is 9.27. The normalized spacial score (nSPS) is 10.1. The van der Waals surface area contributed by atoms with Crippen LogP contribution in [0.3, 0.4) is 0 Å². The van der Waals surface area contributed by atoms with Crippen LogP contribution in [0.15, 0.2) is 47.2 Å². The molecule has 0 fully saturated rings. The number of Topliss-reactive ketones (excluding diaryl/α,β-unsaturated/α-hetero) is 1. The largest absolute Gasteiger partial charge is 0.483 e. The van der Waals surface area contributed by atoms with E-state index in [1.807, 2.05) is 0 Å². The number of rotatable bonds is 4. The minimum atomic E-state index is -0.109. The van der Waals surface area contributed by atoms with Crippen LogP contribution in [0, 0.1) is 0 Å². The Bertz CT molecular complexity index is 557. The van der Waals surface area contributed by atoms with Gasteiger partial charge < -0.3 is 4.74 Å². The number of nitrogens with zero attached hydrogens (tertiary/aromatic N) is 1. The number of carbonyl (C=O) groups is 1. The Labute approximate surface area is 118 Å². The number of halogens is 2. The van der Waals surface area contributed by atoms with Gasteiger partial charge in [-0.15, -0.1) is 0 Å². The smallest absolute Gasteiger partial charge is 0.200 e. The summed E-state index contributed by atoms with van der Waals surface area (Å²) >= 11 is 9.00. The SMILES string of the molecule is O=C(COc1cccnc1Br)c1ccc(Cl)cc1. The number of pyridine rings is 1. The molecule has 1 aromatic heterocycles. The van der Waals surface area contributed by atoms with Crippen LogP contribution in [0.4, 0.5) is 0 Å². The summed E-state index contributed by atoms with van der Waals surface area (Å²) < 4.78 is 5.97. The van der Waals surface area contributed by atoms with Gasteiger partial charge in [0.05, 0.1) is 0 Å². The third-order valence-corrected chi connectivity index (χ3v) is 3.10. The number of ether oxygens (including phenoxy) is 1. The van der Waals surface area contributed by atoms with Crippen molar-refractivity contribution in [2.24, 2.45) is 0 Å². The van der Waals surface area contributed by atoms with Crippen molar-refractivity contribution in [1.82, 2.24) is 4.98 Å². The van der Waals surface area contributed by atoms with Crippen molar-refractivity contribution in [2.45, 2.75) is 0 Å². The summed E-state index contributed by atoms with van der Waals surface area (Å²) in [5, 5.41) is 0.600. The monoisotopic (exact) mass is 325 g/mol. The molecule has 92 valence electrons. The van der Waals surface area contributed by atoms with Crippen LogP contribution in [0.5, 0.6) is 5.75 Å². The third kappa shape index (κ3) is 3.31. The lowest BCUT2D eigenvalue weighted by atomic mass is 10.1. The van der Waals surface area contributed by atoms with Gasteiger partial charge in [0.25, 0.3) is 0 Å². The summed E-state index contributed by atoms with van der Waals surface area (Å²) in [6.45, 7) is -0.0358. The van der Waals surface area contributed by atoms with Crippen molar-refractivity contribution < 1.29 is 9.53 Å². The molecule has 0 unspecified atom stereocenters. The lowest BCUT2D eigenvalue weighted by Gasteiger charge is -2.06. The third-order valence-electron chi connectivity index (χ3n) is 2.25. The average molecular weight is 327 g/mol. The van der Waals surface area contributed by atoms with Crippen molar-refractivity contribution in [3.8, 4) is 5.75 Å². The van der Waals surface area contributed by atoms with Gasteiger partial charge in [0.15, 0.2) is 18.1 Å². The molecule has 0 bridgehead atoms. The Hall–Kier alpha value is -1.39. The van der Waals surface area contributed by atoms with Crippen molar-refractivity contribution in [3.05, 3.63) is 57.8 Å². The molecule has 2 rings (SSSR count). The molecule has 0 saturated carbocycles. The van der Waals surface area contributed by atoms with Gasteiger partial charge in [-0.25, -0.2) is 4.98 Å². The number of hydrogen-bond acceptors (Lipinski definition) is 3. The first-order valence-electron chi connectivity index (χ1n) is 5.19. The fourth-order valence-corrected chi connectivity index (χ4v) is 1.83. The predicted molar refractivity (Wildman–Crippen MR) is 73.2 cm³/mol. The second-order valence-electron chi connectivity index (χ2n) is 3.51. The summed E-state index contributed by atoms with van der Waals surface area (Å²) in [6.07, 6.45) is 1.64. The number of aromatic nitrogens is 1. The molecule has 0 atom stereocenters. The van der Waals surface area contributed by atoms with Gasteiger partial charge in [0.2, 0.25) is 0 Å². The van der Waals surface area contributed by atoms with Crippen molar-refractivity contribution >= 4 is 33.3 Å². The van der Waals surface area contributed by atoms with Gasteiger partial charge in [0.1, 0.15) is 4.60 Å². The first-order chi connectivity index (χ1) is 8.66. The van der Waals surface area contributed by atoms with Gasteiger partial charge >= 0.3 is 0 Å². The van der Waals surface area contributed by atoms with E-state index in [1.165, 1.54) is 0 Å². The van der Waals surface area contributed by atoms with Crippen LogP contribution in [0.2, 0.25) is 5.02 Å². The topological polar surface area (TPSA) is 39.2 Å². The molecule has 0 aliphatic carbocycles. The quantitative estimate of drug-likeness (QED) is 0.634. The van der Waals surface area contributed by atoms with E-state index < -0.39 is 0 Å². The molecule has 0 saturated heterocycles. The minimum absolute atomic E-state index is 0.0358. The van der Waals surface area contributed by atoms with E-state index in [-0.39, 0.29) is 12.4 Å². The fraction of sp³-hybridized carbons (Fsp3) is 0.0769. The molecule has 0 amide bonds. The molecule has 18 heavy (non-hydrogen) atoms. The zero-order valence-corrected chi connectivity index (χ0v) is 11.6. The first-order valence-corrected chi connectivity index (χ1v) is 6.36. The average Bonchev–Trinajstić information content (AvgIpc) is 2.38. The van der Waals surface area contributed by atoms with Crippen LogP contribution in [0.25, 0.3) is 0 Å². The van der Waals surface area contributed by atoms with E-state index in [0.29, 0.717) is 20.9 Å². The van der Waals surface area contributed by atoms with Gasteiger partial charge in [-0.05, 0) is 52.3 Å². The zero-order chi connectivity index (χ0) is 13.0. The van der Waals surface area contributed by atoms with Gasteiger partial charge in [-0.3, -0.25) is 4.79 Å². The van der Waals surface area contributed by atoms with Gasteiger partial charge in [-0.2, -0.15) is 0 Å². The van der Waals surface area contributed by atoms with E-state index in [0.717, 1.165) is 0 Å². The molecular weight excluding hydrogens is 318 g/mol. The molecule has 0 aliphatic rings. The van der Waals surface area contributed by atoms with Crippen molar-refractivity contribution in [3.63, 3.8) is 0 Å². The van der Waals surface area contributed by atoms with E-state index in [1.54, 1.807) is 42.6 Å². The van der Waals surface area contributed by atoms with Crippen molar-refractivity contribution in [1.29, 1.82) is 0 Å². The Morgan fingerprint density at radius 2 is 2.00 bits per heavy atom.